The summed E-state index contributed by atoms with van der Waals surface area (Å²) in [6.07, 6.45) is 0. The van der Waals surface area contributed by atoms with Crippen LogP contribution in [0.15, 0.2) is 35.2 Å². The average Bonchev–Trinajstić information content (AvgIpc) is 2.81. The van der Waals surface area contributed by atoms with Gasteiger partial charge >= 0.3 is 0 Å². The van der Waals surface area contributed by atoms with Gasteiger partial charge in [-0.3, -0.25) is 4.79 Å². The predicted octanol–water partition coefficient (Wildman–Crippen LogP) is 2.09. The molecule has 88 valence electrons. The van der Waals surface area contributed by atoms with E-state index in [1.807, 2.05) is 36.6 Å². The highest BCUT2D eigenvalue weighted by atomic mass is 32.1. The van der Waals surface area contributed by atoms with Crippen LogP contribution in [0.5, 0.6) is 0 Å². The van der Waals surface area contributed by atoms with Crippen LogP contribution in [0.1, 0.15) is 17.3 Å². The normalized spacial score (nSPS) is 12.1. The van der Waals surface area contributed by atoms with Gasteiger partial charge in [-0.15, -0.1) is 11.3 Å². The Morgan fingerprint density at radius 3 is 2.82 bits per heavy atom. The fraction of sp³-hybridized carbons (Fsp3) is 0.167. The summed E-state index contributed by atoms with van der Waals surface area (Å²) in [5, 5.41) is 4.94. The van der Waals surface area contributed by atoms with Crippen molar-refractivity contribution in [3.63, 3.8) is 0 Å². The molecule has 0 spiro atoms. The molecule has 0 aliphatic heterocycles. The molecule has 0 saturated carbocycles. The van der Waals surface area contributed by atoms with Crippen LogP contribution in [0.2, 0.25) is 0 Å². The van der Waals surface area contributed by atoms with E-state index in [-0.39, 0.29) is 0 Å². The van der Waals surface area contributed by atoms with Gasteiger partial charge in [0.05, 0.1) is 11.2 Å². The van der Waals surface area contributed by atoms with E-state index in [0.29, 0.717) is 5.69 Å². The number of amides is 1. The monoisotopic (exact) mass is 247 g/mol. The number of nitrogens with two attached hydrogens (primary N) is 1. The summed E-state index contributed by atoms with van der Waals surface area (Å²) in [5.74, 6) is -0.431. The quantitative estimate of drug-likeness (QED) is 0.869. The molecule has 0 saturated heterocycles. The number of hydrogen-bond donors (Lipinski definition) is 2. The number of carbonyl (C=O) groups excluding carboxylic acids is 1. The Morgan fingerprint density at radius 1 is 1.47 bits per heavy atom. The smallest absolute Gasteiger partial charge is 0.246 e. The van der Waals surface area contributed by atoms with Crippen LogP contribution in [-0.4, -0.2) is 10.9 Å². The second-order valence-electron chi connectivity index (χ2n) is 3.71. The van der Waals surface area contributed by atoms with Crippen molar-refractivity contribution in [3.05, 3.63) is 46.4 Å². The summed E-state index contributed by atoms with van der Waals surface area (Å²) in [7, 11) is 0. The molecule has 0 radical (unpaired) electrons. The number of hydrogen-bond acceptors (Lipinski definition) is 4. The minimum atomic E-state index is -0.581. The van der Waals surface area contributed by atoms with Gasteiger partial charge in [0, 0.05) is 11.1 Å². The van der Waals surface area contributed by atoms with E-state index in [2.05, 4.69) is 10.3 Å². The fourth-order valence-electron chi connectivity index (χ4n) is 1.55. The van der Waals surface area contributed by atoms with Gasteiger partial charge in [0.15, 0.2) is 0 Å². The SMILES string of the molecule is Cc1ccccc1NC(C(N)=O)c1cscn1. The Bertz CT molecular complexity index is 510. The van der Waals surface area contributed by atoms with Crippen LogP contribution in [0.3, 0.4) is 0 Å². The molecule has 4 nitrogen and oxygen atoms in total. The van der Waals surface area contributed by atoms with Crippen LogP contribution in [0, 0.1) is 6.92 Å². The Balaban J connectivity index is 2.26. The van der Waals surface area contributed by atoms with Crippen LogP contribution in [0.4, 0.5) is 5.69 Å². The number of rotatable bonds is 4. The first-order valence-electron chi connectivity index (χ1n) is 5.18. The molecule has 17 heavy (non-hydrogen) atoms. The molecule has 2 rings (SSSR count). The van der Waals surface area contributed by atoms with E-state index in [9.17, 15) is 4.79 Å². The van der Waals surface area contributed by atoms with E-state index in [1.165, 1.54) is 11.3 Å². The lowest BCUT2D eigenvalue weighted by Gasteiger charge is -2.16. The van der Waals surface area contributed by atoms with Crippen molar-refractivity contribution in [2.45, 2.75) is 13.0 Å². The topological polar surface area (TPSA) is 68.0 Å². The van der Waals surface area contributed by atoms with Crippen molar-refractivity contribution in [3.8, 4) is 0 Å². The number of aryl methyl sites for hydroxylation is 1. The van der Waals surface area contributed by atoms with Gasteiger partial charge in [-0.2, -0.15) is 0 Å². The van der Waals surface area contributed by atoms with Gasteiger partial charge in [-0.25, -0.2) is 4.98 Å². The molecule has 1 aromatic carbocycles. The number of nitrogens with one attached hydrogen (secondary N) is 1. The third-order valence-electron chi connectivity index (χ3n) is 2.48. The largest absolute Gasteiger partial charge is 0.369 e. The van der Waals surface area contributed by atoms with Gasteiger partial charge in [0.1, 0.15) is 6.04 Å². The van der Waals surface area contributed by atoms with Crippen LogP contribution in [0.25, 0.3) is 0 Å². The second kappa shape index (κ2) is 4.97. The summed E-state index contributed by atoms with van der Waals surface area (Å²) in [6, 6.07) is 7.17. The number of thiazole rings is 1. The van der Waals surface area contributed by atoms with Gasteiger partial charge in [0.2, 0.25) is 5.91 Å². The Kier molecular flexibility index (Phi) is 3.39. The molecule has 1 heterocycles. The molecular formula is C12H13N3OS. The Hall–Kier alpha value is -1.88. The standard InChI is InChI=1S/C12H13N3OS/c1-8-4-2-3-5-9(8)15-11(12(13)16)10-6-17-7-14-10/h2-7,11,15H,1H3,(H2,13,16). The number of benzene rings is 1. The summed E-state index contributed by atoms with van der Waals surface area (Å²) in [4.78, 5) is 15.6. The molecule has 3 N–H and O–H groups in total. The van der Waals surface area contributed by atoms with Crippen molar-refractivity contribution in [1.82, 2.24) is 4.98 Å². The van der Waals surface area contributed by atoms with Crippen molar-refractivity contribution in [2.75, 3.05) is 5.32 Å². The van der Waals surface area contributed by atoms with E-state index in [4.69, 9.17) is 5.73 Å². The minimum absolute atomic E-state index is 0.431. The van der Waals surface area contributed by atoms with E-state index in [1.54, 1.807) is 5.51 Å². The minimum Gasteiger partial charge on any atom is -0.369 e. The third-order valence-corrected chi connectivity index (χ3v) is 3.08. The lowest BCUT2D eigenvalue weighted by atomic mass is 10.1. The van der Waals surface area contributed by atoms with Gasteiger partial charge < -0.3 is 11.1 Å². The van der Waals surface area contributed by atoms with Crippen LogP contribution >= 0.6 is 11.3 Å². The number of carbonyl (C=O) groups is 1. The number of nitrogens with zero attached hydrogens (tertiary/aromatic N) is 1. The Labute approximate surface area is 103 Å². The van der Waals surface area contributed by atoms with E-state index in [0.717, 1.165) is 11.3 Å². The van der Waals surface area contributed by atoms with E-state index < -0.39 is 11.9 Å². The molecular weight excluding hydrogens is 234 g/mol. The average molecular weight is 247 g/mol. The van der Waals surface area contributed by atoms with Crippen LogP contribution in [-0.2, 0) is 4.79 Å². The summed E-state index contributed by atoms with van der Waals surface area (Å²) < 4.78 is 0. The molecule has 1 aromatic heterocycles. The fourth-order valence-corrected chi connectivity index (χ4v) is 2.13. The van der Waals surface area contributed by atoms with Crippen molar-refractivity contribution in [1.29, 1.82) is 0 Å². The zero-order valence-electron chi connectivity index (χ0n) is 9.38. The molecule has 1 atom stereocenters. The van der Waals surface area contributed by atoms with Crippen molar-refractivity contribution >= 4 is 22.9 Å². The number of primary amides is 1. The third kappa shape index (κ3) is 2.62. The van der Waals surface area contributed by atoms with Crippen molar-refractivity contribution in [2.24, 2.45) is 5.73 Å². The van der Waals surface area contributed by atoms with Crippen LogP contribution < -0.4 is 11.1 Å². The van der Waals surface area contributed by atoms with Gasteiger partial charge in [-0.05, 0) is 18.6 Å². The number of para-hydroxylation sites is 1. The lowest BCUT2D eigenvalue weighted by Crippen LogP contribution is -2.28. The second-order valence-corrected chi connectivity index (χ2v) is 4.43. The molecule has 5 heteroatoms. The number of aromatic nitrogens is 1. The Morgan fingerprint density at radius 2 is 2.24 bits per heavy atom. The molecule has 1 amide bonds. The molecule has 0 fully saturated rings. The first kappa shape index (κ1) is 11.6. The maximum Gasteiger partial charge on any atom is 0.246 e. The first-order chi connectivity index (χ1) is 8.18. The molecule has 0 bridgehead atoms. The molecule has 0 aliphatic carbocycles. The molecule has 1 unspecified atom stereocenters. The zero-order chi connectivity index (χ0) is 12.3. The highest BCUT2D eigenvalue weighted by Crippen LogP contribution is 2.21. The molecule has 0 aliphatic rings. The molecule has 2 aromatic rings. The predicted molar refractivity (Wildman–Crippen MR) is 68.9 cm³/mol. The summed E-state index contributed by atoms with van der Waals surface area (Å²) in [6.45, 7) is 1.97. The summed E-state index contributed by atoms with van der Waals surface area (Å²) >= 11 is 1.44. The maximum atomic E-state index is 11.4. The van der Waals surface area contributed by atoms with Gasteiger partial charge in [-0.1, -0.05) is 18.2 Å². The summed E-state index contributed by atoms with van der Waals surface area (Å²) in [5.41, 5.74) is 9.69. The number of anilines is 1. The van der Waals surface area contributed by atoms with Gasteiger partial charge in [0.25, 0.3) is 0 Å². The zero-order valence-corrected chi connectivity index (χ0v) is 10.2. The maximum absolute atomic E-state index is 11.4. The first-order valence-corrected chi connectivity index (χ1v) is 6.12. The lowest BCUT2D eigenvalue weighted by molar-refractivity contribution is -0.118. The van der Waals surface area contributed by atoms with Crippen molar-refractivity contribution < 1.29 is 4.79 Å². The highest BCUT2D eigenvalue weighted by Gasteiger charge is 2.19. The highest BCUT2D eigenvalue weighted by molar-refractivity contribution is 7.07. The van der Waals surface area contributed by atoms with E-state index >= 15 is 0 Å².